The molecule has 0 bridgehead atoms. The number of hydrogen-bond donors (Lipinski definition) is 2. The van der Waals surface area contributed by atoms with E-state index in [1.54, 1.807) is 4.90 Å². The van der Waals surface area contributed by atoms with Gasteiger partial charge in [0.15, 0.2) is 11.6 Å². The van der Waals surface area contributed by atoms with E-state index < -0.39 is 22.9 Å². The summed E-state index contributed by atoms with van der Waals surface area (Å²) >= 11 is 0. The van der Waals surface area contributed by atoms with Gasteiger partial charge in [-0.25, -0.2) is 13.6 Å². The monoisotopic (exact) mass is 380 g/mol. The zero-order valence-corrected chi connectivity index (χ0v) is 15.9. The van der Waals surface area contributed by atoms with Crippen molar-refractivity contribution in [2.75, 3.05) is 17.2 Å². The molecule has 0 amide bonds. The third kappa shape index (κ3) is 4.96. The zero-order chi connectivity index (χ0) is 20.1. The molecule has 2 aromatic rings. The largest absolute Gasteiger partial charge is 0.383 e. The maximum absolute atomic E-state index is 13.6. The predicted molar refractivity (Wildman–Crippen MR) is 103 cm³/mol. The van der Waals surface area contributed by atoms with E-state index in [1.807, 2.05) is 20.8 Å². The molecule has 27 heavy (non-hydrogen) atoms. The maximum Gasteiger partial charge on any atom is 0.330 e. The zero-order valence-electron chi connectivity index (χ0n) is 15.9. The van der Waals surface area contributed by atoms with Crippen molar-refractivity contribution in [3.8, 4) is 0 Å². The number of nitrogen functional groups attached to an aromatic ring is 1. The van der Waals surface area contributed by atoms with Crippen LogP contribution in [0.2, 0.25) is 0 Å². The lowest BCUT2D eigenvalue weighted by Gasteiger charge is -2.28. The van der Waals surface area contributed by atoms with Gasteiger partial charge in [-0.2, -0.15) is 0 Å². The van der Waals surface area contributed by atoms with E-state index in [4.69, 9.17) is 5.73 Å². The first-order chi connectivity index (χ1) is 12.7. The fraction of sp³-hybridized carbons (Fsp3) is 0.474. The number of unbranched alkanes of at least 4 members (excludes halogenated alkanes) is 1. The molecule has 1 heterocycles. The second kappa shape index (κ2) is 8.83. The lowest BCUT2D eigenvalue weighted by atomic mass is 10.1. The van der Waals surface area contributed by atoms with Crippen LogP contribution in [0.1, 0.15) is 39.2 Å². The topological polar surface area (TPSA) is 84.1 Å². The first-order valence-corrected chi connectivity index (χ1v) is 9.06. The summed E-state index contributed by atoms with van der Waals surface area (Å²) in [6, 6.07) is 3.61. The summed E-state index contributed by atoms with van der Waals surface area (Å²) in [5.74, 6) is -1.63. The first kappa shape index (κ1) is 20.7. The molecule has 0 radical (unpaired) electrons. The Kier molecular flexibility index (Phi) is 6.76. The molecule has 0 spiro atoms. The number of nitrogens with two attached hydrogens (primary N) is 1. The molecular formula is C19H26F2N4O2. The van der Waals surface area contributed by atoms with Crippen LogP contribution in [0.15, 0.2) is 27.8 Å². The van der Waals surface area contributed by atoms with E-state index in [-0.39, 0.29) is 24.0 Å². The molecule has 2 rings (SSSR count). The van der Waals surface area contributed by atoms with Crippen LogP contribution in [0.5, 0.6) is 0 Å². The minimum Gasteiger partial charge on any atom is -0.383 e. The number of halogens is 2. The van der Waals surface area contributed by atoms with Crippen LogP contribution in [0, 0.1) is 17.6 Å². The summed E-state index contributed by atoms with van der Waals surface area (Å²) < 4.78 is 28.1. The van der Waals surface area contributed by atoms with Crippen LogP contribution < -0.4 is 21.9 Å². The molecule has 0 atom stereocenters. The highest BCUT2D eigenvalue weighted by atomic mass is 19.2. The van der Waals surface area contributed by atoms with Crippen molar-refractivity contribution < 1.29 is 8.78 Å². The summed E-state index contributed by atoms with van der Waals surface area (Å²) in [5, 5.41) is 0. The standard InChI is InChI=1S/C19H26F2N4O2/c1-4-5-8-25-17(22)16(18(26)23-19(25)27)24(10-12(2)3)11-13-6-7-14(20)15(21)9-13/h6-7,9,12H,4-5,8,10-11,22H2,1-3H3,(H,23,26,27). The van der Waals surface area contributed by atoms with E-state index in [1.165, 1.54) is 10.6 Å². The Hall–Kier alpha value is -2.64. The lowest BCUT2D eigenvalue weighted by Crippen LogP contribution is -2.39. The molecule has 8 heteroatoms. The van der Waals surface area contributed by atoms with E-state index in [0.29, 0.717) is 18.7 Å². The van der Waals surface area contributed by atoms with Crippen LogP contribution in [-0.2, 0) is 13.1 Å². The molecule has 0 aliphatic heterocycles. The molecule has 0 fully saturated rings. The van der Waals surface area contributed by atoms with Gasteiger partial charge in [-0.15, -0.1) is 0 Å². The Labute approximate surface area is 156 Å². The molecule has 0 aliphatic rings. The molecule has 0 unspecified atom stereocenters. The number of aromatic nitrogens is 2. The van der Waals surface area contributed by atoms with Gasteiger partial charge in [0.25, 0.3) is 5.56 Å². The summed E-state index contributed by atoms with van der Waals surface area (Å²) in [4.78, 5) is 28.6. The molecule has 1 aromatic carbocycles. The van der Waals surface area contributed by atoms with Gasteiger partial charge in [-0.3, -0.25) is 14.3 Å². The van der Waals surface area contributed by atoms with Gasteiger partial charge >= 0.3 is 5.69 Å². The smallest absolute Gasteiger partial charge is 0.330 e. The number of anilines is 2. The summed E-state index contributed by atoms with van der Waals surface area (Å²) in [6.45, 7) is 6.94. The summed E-state index contributed by atoms with van der Waals surface area (Å²) in [7, 11) is 0. The first-order valence-electron chi connectivity index (χ1n) is 9.06. The number of hydrogen-bond acceptors (Lipinski definition) is 4. The van der Waals surface area contributed by atoms with Crippen molar-refractivity contribution in [1.29, 1.82) is 0 Å². The fourth-order valence-corrected chi connectivity index (χ4v) is 2.96. The highest BCUT2D eigenvalue weighted by molar-refractivity contribution is 5.62. The number of nitrogens with one attached hydrogen (secondary N) is 1. The van der Waals surface area contributed by atoms with Gasteiger partial charge in [0.1, 0.15) is 11.5 Å². The quantitative estimate of drug-likeness (QED) is 0.738. The number of benzene rings is 1. The average molecular weight is 380 g/mol. The fourth-order valence-electron chi connectivity index (χ4n) is 2.96. The minimum atomic E-state index is -0.952. The van der Waals surface area contributed by atoms with Gasteiger partial charge < -0.3 is 10.6 Å². The molecular weight excluding hydrogens is 354 g/mol. The highest BCUT2D eigenvalue weighted by Crippen LogP contribution is 2.22. The number of H-pyrrole nitrogens is 1. The maximum atomic E-state index is 13.6. The molecule has 3 N–H and O–H groups in total. The molecule has 6 nitrogen and oxygen atoms in total. The van der Waals surface area contributed by atoms with Gasteiger partial charge in [-0.05, 0) is 30.0 Å². The molecule has 148 valence electrons. The Balaban J connectivity index is 2.50. The molecule has 1 aromatic heterocycles. The van der Waals surface area contributed by atoms with Gasteiger partial charge in [0.05, 0.1) is 0 Å². The van der Waals surface area contributed by atoms with Crippen molar-refractivity contribution in [2.24, 2.45) is 5.92 Å². The van der Waals surface area contributed by atoms with Crippen LogP contribution in [0.4, 0.5) is 20.3 Å². The normalized spacial score (nSPS) is 11.2. The Morgan fingerprint density at radius 1 is 1.22 bits per heavy atom. The van der Waals surface area contributed by atoms with Crippen LogP contribution in [0.25, 0.3) is 0 Å². The number of nitrogens with zero attached hydrogens (tertiary/aromatic N) is 2. The van der Waals surface area contributed by atoms with E-state index in [2.05, 4.69) is 4.98 Å². The van der Waals surface area contributed by atoms with E-state index in [9.17, 15) is 18.4 Å². The van der Waals surface area contributed by atoms with Crippen molar-refractivity contribution in [3.05, 3.63) is 56.2 Å². The van der Waals surface area contributed by atoms with Crippen LogP contribution in [0.3, 0.4) is 0 Å². The van der Waals surface area contributed by atoms with Gasteiger partial charge in [-0.1, -0.05) is 33.3 Å². The second-order valence-corrected chi connectivity index (χ2v) is 7.02. The lowest BCUT2D eigenvalue weighted by molar-refractivity contribution is 0.506. The predicted octanol–water partition coefficient (Wildman–Crippen LogP) is 2.86. The van der Waals surface area contributed by atoms with Crippen LogP contribution >= 0.6 is 0 Å². The molecule has 0 aliphatic carbocycles. The Morgan fingerprint density at radius 2 is 1.93 bits per heavy atom. The number of aromatic amines is 1. The molecule has 0 saturated heterocycles. The van der Waals surface area contributed by atoms with E-state index >= 15 is 0 Å². The van der Waals surface area contributed by atoms with Crippen molar-refractivity contribution >= 4 is 11.5 Å². The van der Waals surface area contributed by atoms with Crippen molar-refractivity contribution in [1.82, 2.24) is 9.55 Å². The third-order valence-electron chi connectivity index (χ3n) is 4.21. The van der Waals surface area contributed by atoms with Gasteiger partial charge in [0.2, 0.25) is 0 Å². The molecule has 0 saturated carbocycles. The van der Waals surface area contributed by atoms with Crippen molar-refractivity contribution in [2.45, 2.75) is 46.7 Å². The number of rotatable bonds is 8. The Bertz CT molecular complexity index is 906. The minimum absolute atomic E-state index is 0.0837. The summed E-state index contributed by atoms with van der Waals surface area (Å²) in [6.07, 6.45) is 1.61. The highest BCUT2D eigenvalue weighted by Gasteiger charge is 2.20. The second-order valence-electron chi connectivity index (χ2n) is 7.02. The summed E-state index contributed by atoms with van der Waals surface area (Å²) in [5.41, 5.74) is 5.71. The SMILES string of the molecule is CCCCn1c(N)c(N(Cc2ccc(F)c(F)c2)CC(C)C)c(=O)[nH]c1=O. The third-order valence-corrected chi connectivity index (χ3v) is 4.21. The van der Waals surface area contributed by atoms with Gasteiger partial charge in [0, 0.05) is 19.6 Å². The Morgan fingerprint density at radius 3 is 2.52 bits per heavy atom. The average Bonchev–Trinajstić information content (AvgIpc) is 2.57. The van der Waals surface area contributed by atoms with E-state index in [0.717, 1.165) is 25.0 Å². The van der Waals surface area contributed by atoms with Crippen molar-refractivity contribution in [3.63, 3.8) is 0 Å². The van der Waals surface area contributed by atoms with Crippen LogP contribution in [-0.4, -0.2) is 16.1 Å².